The summed E-state index contributed by atoms with van der Waals surface area (Å²) in [6.07, 6.45) is 11.3. The molecule has 0 radical (unpaired) electrons. The maximum absolute atomic E-state index is 5.86. The molecule has 1 aliphatic rings. The lowest BCUT2D eigenvalue weighted by Gasteiger charge is -2.32. The van der Waals surface area contributed by atoms with E-state index >= 15 is 0 Å². The Morgan fingerprint density at radius 2 is 1.87 bits per heavy atom. The highest BCUT2D eigenvalue weighted by molar-refractivity contribution is 5.68. The van der Waals surface area contributed by atoms with Gasteiger partial charge in [0, 0.05) is 37.9 Å². The second-order valence-corrected chi connectivity index (χ2v) is 5.84. The van der Waals surface area contributed by atoms with Crippen molar-refractivity contribution < 1.29 is 4.74 Å². The standard InChI is InChI=1S/C17H19N5O/c1-6-18-7-2-15(1)23-13-14-4-10-21(11-5-14)17-16-3-8-20-22(16)12-9-19-17/h1-3,6-9,12,14H,4-5,10-11,13H2. The molecule has 6 heteroatoms. The number of hydrogen-bond donors (Lipinski definition) is 0. The fraction of sp³-hybridized carbons (Fsp3) is 0.353. The van der Waals surface area contributed by atoms with Crippen molar-refractivity contribution >= 4 is 11.3 Å². The van der Waals surface area contributed by atoms with E-state index in [1.54, 1.807) is 12.4 Å². The van der Waals surface area contributed by atoms with Crippen molar-refractivity contribution in [1.29, 1.82) is 0 Å². The van der Waals surface area contributed by atoms with Crippen LogP contribution in [0.2, 0.25) is 0 Å². The molecule has 118 valence electrons. The van der Waals surface area contributed by atoms with E-state index in [9.17, 15) is 0 Å². The first-order chi connectivity index (χ1) is 11.4. The van der Waals surface area contributed by atoms with E-state index in [1.807, 2.05) is 41.3 Å². The Kier molecular flexibility index (Phi) is 3.80. The van der Waals surface area contributed by atoms with E-state index in [1.165, 1.54) is 0 Å². The maximum Gasteiger partial charge on any atom is 0.154 e. The van der Waals surface area contributed by atoms with Gasteiger partial charge in [-0.05, 0) is 37.0 Å². The van der Waals surface area contributed by atoms with Crippen molar-refractivity contribution in [1.82, 2.24) is 19.6 Å². The second kappa shape index (κ2) is 6.24. The molecule has 1 saturated heterocycles. The monoisotopic (exact) mass is 309 g/mol. The van der Waals surface area contributed by atoms with E-state index < -0.39 is 0 Å². The minimum atomic E-state index is 0.587. The summed E-state index contributed by atoms with van der Waals surface area (Å²) in [6, 6.07) is 5.82. The predicted molar refractivity (Wildman–Crippen MR) is 87.7 cm³/mol. The molecule has 0 saturated carbocycles. The van der Waals surface area contributed by atoms with Crippen molar-refractivity contribution in [2.75, 3.05) is 24.6 Å². The van der Waals surface area contributed by atoms with Crippen molar-refractivity contribution in [3.05, 3.63) is 49.2 Å². The Morgan fingerprint density at radius 1 is 1.04 bits per heavy atom. The molecule has 1 aliphatic heterocycles. The summed E-state index contributed by atoms with van der Waals surface area (Å²) in [5.74, 6) is 2.51. The topological polar surface area (TPSA) is 55.5 Å². The molecule has 23 heavy (non-hydrogen) atoms. The van der Waals surface area contributed by atoms with E-state index in [0.29, 0.717) is 5.92 Å². The third kappa shape index (κ3) is 2.97. The van der Waals surface area contributed by atoms with Crippen LogP contribution in [0.3, 0.4) is 0 Å². The van der Waals surface area contributed by atoms with Crippen LogP contribution in [0.15, 0.2) is 49.2 Å². The van der Waals surface area contributed by atoms with Gasteiger partial charge in [-0.25, -0.2) is 9.50 Å². The van der Waals surface area contributed by atoms with E-state index in [2.05, 4.69) is 20.0 Å². The van der Waals surface area contributed by atoms with Crippen LogP contribution in [0.1, 0.15) is 12.8 Å². The molecule has 0 aromatic carbocycles. The van der Waals surface area contributed by atoms with Crippen LogP contribution >= 0.6 is 0 Å². The van der Waals surface area contributed by atoms with Crippen LogP contribution in [-0.4, -0.2) is 39.3 Å². The largest absolute Gasteiger partial charge is 0.493 e. The first-order valence-electron chi connectivity index (χ1n) is 7.96. The molecule has 3 aromatic rings. The lowest BCUT2D eigenvalue weighted by molar-refractivity contribution is 0.222. The molecule has 0 bridgehead atoms. The first kappa shape index (κ1) is 14.0. The number of hydrogen-bond acceptors (Lipinski definition) is 5. The van der Waals surface area contributed by atoms with Crippen LogP contribution in [0.5, 0.6) is 5.75 Å². The van der Waals surface area contributed by atoms with Gasteiger partial charge in [-0.1, -0.05) is 0 Å². The average molecular weight is 309 g/mol. The number of aromatic nitrogens is 4. The van der Waals surface area contributed by atoms with E-state index in [4.69, 9.17) is 4.74 Å². The lowest BCUT2D eigenvalue weighted by Crippen LogP contribution is -2.36. The van der Waals surface area contributed by atoms with Gasteiger partial charge in [0.25, 0.3) is 0 Å². The third-order valence-electron chi connectivity index (χ3n) is 4.35. The number of ether oxygens (including phenoxy) is 1. The molecule has 4 rings (SSSR count). The number of rotatable bonds is 4. The summed E-state index contributed by atoms with van der Waals surface area (Å²) < 4.78 is 7.73. The van der Waals surface area contributed by atoms with E-state index in [0.717, 1.165) is 49.6 Å². The zero-order valence-electron chi connectivity index (χ0n) is 12.9. The van der Waals surface area contributed by atoms with E-state index in [-0.39, 0.29) is 0 Å². The van der Waals surface area contributed by atoms with Gasteiger partial charge in [0.2, 0.25) is 0 Å². The maximum atomic E-state index is 5.86. The third-order valence-corrected chi connectivity index (χ3v) is 4.35. The lowest BCUT2D eigenvalue weighted by atomic mass is 9.98. The summed E-state index contributed by atoms with van der Waals surface area (Å²) in [6.45, 7) is 2.77. The summed E-state index contributed by atoms with van der Waals surface area (Å²) >= 11 is 0. The molecule has 0 atom stereocenters. The normalized spacial score (nSPS) is 15.9. The fourth-order valence-corrected chi connectivity index (χ4v) is 3.05. The first-order valence-corrected chi connectivity index (χ1v) is 7.96. The zero-order chi connectivity index (χ0) is 15.5. The number of anilines is 1. The van der Waals surface area contributed by atoms with Crippen LogP contribution in [-0.2, 0) is 0 Å². The average Bonchev–Trinajstić information content (AvgIpc) is 3.10. The molecule has 4 heterocycles. The summed E-state index contributed by atoms with van der Waals surface area (Å²) in [7, 11) is 0. The second-order valence-electron chi connectivity index (χ2n) is 5.84. The minimum absolute atomic E-state index is 0.587. The highest BCUT2D eigenvalue weighted by Crippen LogP contribution is 2.25. The Morgan fingerprint density at radius 3 is 2.70 bits per heavy atom. The van der Waals surface area contributed by atoms with Crippen LogP contribution < -0.4 is 9.64 Å². The van der Waals surface area contributed by atoms with Gasteiger partial charge in [-0.3, -0.25) is 4.98 Å². The number of nitrogens with zero attached hydrogens (tertiary/aromatic N) is 5. The molecule has 0 aliphatic carbocycles. The van der Waals surface area contributed by atoms with Gasteiger partial charge < -0.3 is 9.64 Å². The van der Waals surface area contributed by atoms with Gasteiger partial charge in [0.1, 0.15) is 11.3 Å². The molecule has 1 fully saturated rings. The van der Waals surface area contributed by atoms with Crippen LogP contribution in [0.25, 0.3) is 5.52 Å². The highest BCUT2D eigenvalue weighted by atomic mass is 16.5. The summed E-state index contributed by atoms with van der Waals surface area (Å²) in [4.78, 5) is 10.9. The highest BCUT2D eigenvalue weighted by Gasteiger charge is 2.22. The Hall–Kier alpha value is -2.63. The number of fused-ring (bicyclic) bond motifs is 1. The summed E-state index contributed by atoms with van der Waals surface area (Å²) in [5, 5.41) is 4.28. The van der Waals surface area contributed by atoms with Crippen molar-refractivity contribution in [2.24, 2.45) is 5.92 Å². The molecular weight excluding hydrogens is 290 g/mol. The molecule has 6 nitrogen and oxygen atoms in total. The SMILES string of the molecule is c1cc(OCC2CCN(c3nccn4nccc34)CC2)ccn1. The smallest absolute Gasteiger partial charge is 0.154 e. The Bertz CT molecular complexity index is 765. The van der Waals surface area contributed by atoms with Crippen molar-refractivity contribution in [3.8, 4) is 5.75 Å². The zero-order valence-corrected chi connectivity index (χ0v) is 12.9. The molecule has 0 N–H and O–H groups in total. The molecule has 0 spiro atoms. The molecule has 0 amide bonds. The van der Waals surface area contributed by atoms with Gasteiger partial charge >= 0.3 is 0 Å². The van der Waals surface area contributed by atoms with Crippen LogP contribution in [0.4, 0.5) is 5.82 Å². The minimum Gasteiger partial charge on any atom is -0.493 e. The van der Waals surface area contributed by atoms with Crippen molar-refractivity contribution in [3.63, 3.8) is 0 Å². The molecule has 0 unspecified atom stereocenters. The predicted octanol–water partition coefficient (Wildman–Crippen LogP) is 2.42. The van der Waals surface area contributed by atoms with Gasteiger partial charge in [0.05, 0.1) is 12.8 Å². The van der Waals surface area contributed by atoms with Gasteiger partial charge in [-0.2, -0.15) is 5.10 Å². The fourth-order valence-electron chi connectivity index (χ4n) is 3.05. The van der Waals surface area contributed by atoms with Crippen LogP contribution in [0, 0.1) is 5.92 Å². The molecular formula is C17H19N5O. The Balaban J connectivity index is 1.37. The number of piperidine rings is 1. The van der Waals surface area contributed by atoms with Gasteiger partial charge in [0.15, 0.2) is 5.82 Å². The summed E-state index contributed by atoms with van der Waals surface area (Å²) in [5.41, 5.74) is 1.07. The Labute approximate surface area is 134 Å². The van der Waals surface area contributed by atoms with Gasteiger partial charge in [-0.15, -0.1) is 0 Å². The quantitative estimate of drug-likeness (QED) is 0.741. The van der Waals surface area contributed by atoms with Crippen molar-refractivity contribution in [2.45, 2.75) is 12.8 Å². The molecule has 3 aromatic heterocycles. The number of pyridine rings is 1.